The van der Waals surface area contributed by atoms with Crippen LogP contribution >= 0.6 is 0 Å². The van der Waals surface area contributed by atoms with Crippen LogP contribution in [0.5, 0.6) is 0 Å². The molecule has 5 heavy (non-hydrogen) atoms. The van der Waals surface area contributed by atoms with Gasteiger partial charge in [-0.25, -0.2) is 0 Å². The molecule has 0 heterocycles. The van der Waals surface area contributed by atoms with Crippen LogP contribution in [0.3, 0.4) is 0 Å². The summed E-state index contributed by atoms with van der Waals surface area (Å²) in [5.41, 5.74) is 0. The van der Waals surface area contributed by atoms with Crippen molar-refractivity contribution in [2.45, 2.75) is 0 Å². The monoisotopic (exact) mass is 362 g/mol. The Balaban J connectivity index is -0.00000000167. The molecule has 0 rings (SSSR count). The van der Waals surface area contributed by atoms with Gasteiger partial charge in [-0.3, -0.25) is 0 Å². The van der Waals surface area contributed by atoms with Crippen molar-refractivity contribution in [2.75, 3.05) is 0 Å². The minimum absolute atomic E-state index is 0. The minimum Gasteiger partial charge on any atom is 0 e. The molecule has 5 heteroatoms. The molecule has 0 fully saturated rings. The molecule has 0 saturated carbocycles. The molecule has 0 spiro atoms. The van der Waals surface area contributed by atoms with Gasteiger partial charge in [0, 0.05) is 61.8 Å². The molecule has 1 nitrogen and oxygen atoms in total. The van der Waals surface area contributed by atoms with Crippen molar-refractivity contribution in [1.29, 1.82) is 0 Å². The van der Waals surface area contributed by atoms with E-state index >= 15 is 0 Å². The molecule has 0 aliphatic heterocycles. The van der Waals surface area contributed by atoms with E-state index in [2.05, 4.69) is 0 Å². The molecule has 0 amide bonds. The van der Waals surface area contributed by atoms with Gasteiger partial charge in [-0.1, -0.05) is 0 Å². The summed E-state index contributed by atoms with van der Waals surface area (Å²) in [4.78, 5) is 0. The van der Waals surface area contributed by atoms with Gasteiger partial charge >= 0.3 is 53.8 Å². The Morgan fingerprint density at radius 3 is 1.20 bits per heavy atom. The maximum atomic E-state index is 8.30. The summed E-state index contributed by atoms with van der Waals surface area (Å²) in [7, 11) is 0. The van der Waals surface area contributed by atoms with Gasteiger partial charge in [0.1, 0.15) is 0 Å². The average molecular weight is 363 g/mol. The van der Waals surface area contributed by atoms with E-state index in [-0.39, 0.29) is 91.4 Å². The van der Waals surface area contributed by atoms with Crippen molar-refractivity contribution in [3.8, 4) is 0 Å². The van der Waals surface area contributed by atoms with Gasteiger partial charge in [0.25, 0.3) is 0 Å². The Morgan fingerprint density at radius 2 is 1.20 bits per heavy atom. The zero-order valence-corrected chi connectivity index (χ0v) is 10.2. The van der Waals surface area contributed by atoms with E-state index in [4.69, 9.17) is 3.25 Å². The van der Waals surface area contributed by atoms with E-state index < -0.39 is 0 Å². The van der Waals surface area contributed by atoms with Crippen molar-refractivity contribution in [2.24, 2.45) is 0 Å². The van der Waals surface area contributed by atoms with Crippen molar-refractivity contribution in [3.05, 3.63) is 0 Å². The van der Waals surface area contributed by atoms with Gasteiger partial charge in [0.2, 0.25) is 0 Å². The number of hydrogen-bond acceptors (Lipinski definition) is 1. The Bertz CT molecular complexity index is 11.6. The quantitative estimate of drug-likeness (QED) is 0.517. The summed E-state index contributed by atoms with van der Waals surface area (Å²) < 4.78 is 8.30. The SMILES string of the molecule is [La].[NaH].[O]=[Nb].[Zr]. The summed E-state index contributed by atoms with van der Waals surface area (Å²) >= 11 is 0.500. The Hall–Kier alpha value is 3.62. The van der Waals surface area contributed by atoms with Gasteiger partial charge in [0.05, 0.1) is 0 Å². The summed E-state index contributed by atoms with van der Waals surface area (Å²) in [6.07, 6.45) is 0. The second-order valence-electron chi connectivity index (χ2n) is 0. The molecule has 0 N–H and O–H groups in total. The van der Waals surface area contributed by atoms with Crippen LogP contribution in [0, 0.1) is 35.6 Å². The first-order valence-electron chi connectivity index (χ1n) is 0.183. The minimum atomic E-state index is 0. The first-order valence-corrected chi connectivity index (χ1v) is 1.08. The molecule has 0 atom stereocenters. The molecular weight excluding hydrogens is 362 g/mol. The molecule has 0 aliphatic carbocycles. The van der Waals surface area contributed by atoms with Crippen LogP contribution in [0.15, 0.2) is 0 Å². The van der Waals surface area contributed by atoms with Crippen molar-refractivity contribution >= 4 is 29.6 Å². The fraction of sp³-hybridized carbons (Fsp3) is 0. The first-order chi connectivity index (χ1) is 1.00. The number of hydrogen-bond donors (Lipinski definition) is 0. The summed E-state index contributed by atoms with van der Waals surface area (Å²) in [6, 6.07) is 0. The normalized spacial score (nSPS) is 0.600. The molecule has 1 radical (unpaired) electrons. The van der Waals surface area contributed by atoms with Crippen LogP contribution in [0.2, 0.25) is 0 Å². The standard InChI is InChI=1S/La.Na.Nb.O.Zr.H. The van der Waals surface area contributed by atoms with E-state index in [9.17, 15) is 0 Å². The zero-order chi connectivity index (χ0) is 2.00. The van der Waals surface area contributed by atoms with Crippen LogP contribution in [0.4, 0.5) is 0 Å². The zero-order valence-electron chi connectivity index (χ0n) is 1.93. The van der Waals surface area contributed by atoms with E-state index in [1.54, 1.807) is 0 Å². The molecule has 0 aromatic rings. The fourth-order valence-electron chi connectivity index (χ4n) is 0. The third-order valence-electron chi connectivity index (χ3n) is 0. The maximum absolute atomic E-state index is 8.30. The maximum Gasteiger partial charge on any atom is 0 e. The van der Waals surface area contributed by atoms with Crippen LogP contribution < -0.4 is 0 Å². The van der Waals surface area contributed by atoms with Crippen molar-refractivity contribution in [3.63, 3.8) is 0 Å². The van der Waals surface area contributed by atoms with Gasteiger partial charge < -0.3 is 0 Å². The second kappa shape index (κ2) is 25.5. The molecule has 0 aliphatic rings. The van der Waals surface area contributed by atoms with E-state index in [0.29, 0.717) is 21.0 Å². The van der Waals surface area contributed by atoms with Crippen LogP contribution in [0.25, 0.3) is 0 Å². The van der Waals surface area contributed by atoms with E-state index in [1.807, 2.05) is 0 Å². The fourth-order valence-corrected chi connectivity index (χ4v) is 0. The van der Waals surface area contributed by atoms with Crippen molar-refractivity contribution < 1.29 is 86.1 Å². The van der Waals surface area contributed by atoms with Gasteiger partial charge in [-0.05, 0) is 0 Å². The van der Waals surface area contributed by atoms with E-state index in [0.717, 1.165) is 0 Å². The Kier molecular flexibility index (Phi) is 120. The molecule has 0 aromatic heterocycles. The third kappa shape index (κ3) is 18.4. The smallest absolute Gasteiger partial charge is 0 e. The largest absolute Gasteiger partial charge is 0 e. The summed E-state index contributed by atoms with van der Waals surface area (Å²) in [6.45, 7) is 0. The third-order valence-corrected chi connectivity index (χ3v) is 0. The van der Waals surface area contributed by atoms with Crippen LogP contribution in [-0.4, -0.2) is 29.6 Å². The Labute approximate surface area is 113 Å². The summed E-state index contributed by atoms with van der Waals surface area (Å²) in [5, 5.41) is 0. The van der Waals surface area contributed by atoms with Crippen LogP contribution in [-0.2, 0) is 50.5 Å². The van der Waals surface area contributed by atoms with Gasteiger partial charge in [-0.15, -0.1) is 0 Å². The van der Waals surface area contributed by atoms with Crippen molar-refractivity contribution in [1.82, 2.24) is 0 Å². The molecule has 0 bridgehead atoms. The summed E-state index contributed by atoms with van der Waals surface area (Å²) in [5.74, 6) is 0. The van der Waals surface area contributed by atoms with Gasteiger partial charge in [0.15, 0.2) is 0 Å². The predicted octanol–water partition coefficient (Wildman–Crippen LogP) is -0.772. The van der Waals surface area contributed by atoms with E-state index in [1.165, 1.54) is 0 Å². The molecular formula is HLaNaNbOZr. The average Bonchev–Trinajstić information content (AvgIpc) is 1.00. The molecule has 0 unspecified atom stereocenters. The second-order valence-corrected chi connectivity index (χ2v) is 0. The van der Waals surface area contributed by atoms with Crippen LogP contribution in [0.1, 0.15) is 0 Å². The first kappa shape index (κ1) is 23.5. The molecule has 0 saturated heterocycles. The molecule has 0 aromatic carbocycles. The predicted molar refractivity (Wildman–Crippen MR) is 7.84 cm³/mol. The topological polar surface area (TPSA) is 17.1 Å². The van der Waals surface area contributed by atoms with Gasteiger partial charge in [-0.2, -0.15) is 0 Å². The molecule has 20 valence electrons. The number of rotatable bonds is 0. The Morgan fingerprint density at radius 1 is 1.20 bits per heavy atom.